The SMILES string of the molecule is Cc1noc([C@H]2CC[C@@H](N(C)OC(=O)C(F)(F)F)C2)n1. The van der Waals surface area contributed by atoms with Crippen LogP contribution in [0.3, 0.4) is 0 Å². The standard InChI is InChI=1S/C11H14F3N3O3/c1-6-15-9(19-16-6)7-3-4-8(5-7)17(2)20-10(18)11(12,13)14/h7-8H,3-5H2,1-2H3/t7-,8+/m0/s1. The van der Waals surface area contributed by atoms with E-state index in [1.54, 1.807) is 6.92 Å². The van der Waals surface area contributed by atoms with Gasteiger partial charge in [-0.05, 0) is 26.2 Å². The largest absolute Gasteiger partial charge is 0.492 e. The summed E-state index contributed by atoms with van der Waals surface area (Å²) in [5.41, 5.74) is 0. The zero-order chi connectivity index (χ0) is 14.9. The van der Waals surface area contributed by atoms with Crippen molar-refractivity contribution in [2.75, 3.05) is 7.05 Å². The van der Waals surface area contributed by atoms with Crippen LogP contribution in [0, 0.1) is 6.92 Å². The third kappa shape index (κ3) is 3.27. The van der Waals surface area contributed by atoms with E-state index < -0.39 is 12.1 Å². The lowest BCUT2D eigenvalue weighted by molar-refractivity contribution is -0.240. The highest BCUT2D eigenvalue weighted by molar-refractivity contribution is 5.75. The number of rotatable bonds is 3. The van der Waals surface area contributed by atoms with Crippen LogP contribution in [0.15, 0.2) is 4.52 Å². The zero-order valence-corrected chi connectivity index (χ0v) is 11.0. The fourth-order valence-corrected chi connectivity index (χ4v) is 2.25. The van der Waals surface area contributed by atoms with Gasteiger partial charge in [0.25, 0.3) is 0 Å². The summed E-state index contributed by atoms with van der Waals surface area (Å²) in [6, 6.07) is -0.293. The van der Waals surface area contributed by atoms with Crippen LogP contribution in [0.1, 0.15) is 36.9 Å². The lowest BCUT2D eigenvalue weighted by Gasteiger charge is -2.23. The van der Waals surface area contributed by atoms with Gasteiger partial charge in [-0.3, -0.25) is 0 Å². The summed E-state index contributed by atoms with van der Waals surface area (Å²) in [6.07, 6.45) is -3.20. The molecule has 1 saturated carbocycles. The van der Waals surface area contributed by atoms with Gasteiger partial charge < -0.3 is 9.36 Å². The van der Waals surface area contributed by atoms with Crippen molar-refractivity contribution < 1.29 is 27.3 Å². The second-order valence-electron chi connectivity index (χ2n) is 4.77. The molecule has 0 saturated heterocycles. The van der Waals surface area contributed by atoms with Gasteiger partial charge >= 0.3 is 12.1 Å². The van der Waals surface area contributed by atoms with Crippen LogP contribution in [-0.2, 0) is 9.63 Å². The Bertz CT molecular complexity index is 489. The maximum absolute atomic E-state index is 12.1. The van der Waals surface area contributed by atoms with E-state index in [1.807, 2.05) is 0 Å². The number of aromatic nitrogens is 2. The molecule has 1 aliphatic carbocycles. The van der Waals surface area contributed by atoms with E-state index in [0.717, 1.165) is 5.06 Å². The van der Waals surface area contributed by atoms with Crippen molar-refractivity contribution in [2.24, 2.45) is 0 Å². The molecule has 112 valence electrons. The minimum atomic E-state index is -4.99. The monoisotopic (exact) mass is 293 g/mol. The quantitative estimate of drug-likeness (QED) is 0.794. The van der Waals surface area contributed by atoms with E-state index in [9.17, 15) is 18.0 Å². The summed E-state index contributed by atoms with van der Waals surface area (Å²) in [5, 5.41) is 4.64. The number of hydroxylamine groups is 2. The van der Waals surface area contributed by atoms with Gasteiger partial charge in [-0.1, -0.05) is 5.16 Å². The van der Waals surface area contributed by atoms with Gasteiger partial charge in [0, 0.05) is 19.0 Å². The molecular formula is C11H14F3N3O3. The molecule has 0 aliphatic heterocycles. The molecule has 0 aromatic carbocycles. The third-order valence-electron chi connectivity index (χ3n) is 3.27. The first-order valence-corrected chi connectivity index (χ1v) is 6.09. The van der Waals surface area contributed by atoms with E-state index >= 15 is 0 Å². The molecule has 6 nitrogen and oxygen atoms in total. The summed E-state index contributed by atoms with van der Waals surface area (Å²) in [7, 11) is 1.32. The highest BCUT2D eigenvalue weighted by atomic mass is 19.4. The summed E-state index contributed by atoms with van der Waals surface area (Å²) >= 11 is 0. The van der Waals surface area contributed by atoms with E-state index in [-0.39, 0.29) is 12.0 Å². The van der Waals surface area contributed by atoms with E-state index in [0.29, 0.717) is 31.0 Å². The van der Waals surface area contributed by atoms with Crippen molar-refractivity contribution in [3.63, 3.8) is 0 Å². The number of hydrogen-bond donors (Lipinski definition) is 0. The first-order chi connectivity index (χ1) is 9.27. The predicted molar refractivity (Wildman–Crippen MR) is 59.3 cm³/mol. The Labute approximate surface area is 112 Å². The van der Waals surface area contributed by atoms with Crippen LogP contribution in [0.4, 0.5) is 13.2 Å². The Hall–Kier alpha value is -1.64. The average molecular weight is 293 g/mol. The average Bonchev–Trinajstić information content (AvgIpc) is 2.95. The summed E-state index contributed by atoms with van der Waals surface area (Å²) < 4.78 is 41.4. The minimum absolute atomic E-state index is 0.0201. The Morgan fingerprint density at radius 3 is 2.70 bits per heavy atom. The van der Waals surface area contributed by atoms with Gasteiger partial charge in [0.2, 0.25) is 5.89 Å². The Balaban J connectivity index is 1.91. The molecule has 9 heteroatoms. The fourth-order valence-electron chi connectivity index (χ4n) is 2.25. The van der Waals surface area contributed by atoms with Crippen LogP contribution < -0.4 is 0 Å². The topological polar surface area (TPSA) is 68.5 Å². The smallest absolute Gasteiger partial charge is 0.361 e. The molecule has 1 aromatic rings. The van der Waals surface area contributed by atoms with Gasteiger partial charge in [0.1, 0.15) is 0 Å². The van der Waals surface area contributed by atoms with Crippen molar-refractivity contribution in [1.82, 2.24) is 15.2 Å². The molecular weight excluding hydrogens is 279 g/mol. The second kappa shape index (κ2) is 5.39. The van der Waals surface area contributed by atoms with Crippen LogP contribution in [0.2, 0.25) is 0 Å². The summed E-state index contributed by atoms with van der Waals surface area (Å²) in [4.78, 5) is 19.2. The van der Waals surface area contributed by atoms with E-state index in [2.05, 4.69) is 15.0 Å². The summed E-state index contributed by atoms with van der Waals surface area (Å²) in [6.45, 7) is 1.69. The molecule has 1 aromatic heterocycles. The lowest BCUT2D eigenvalue weighted by Crippen LogP contribution is -2.37. The third-order valence-corrected chi connectivity index (χ3v) is 3.27. The van der Waals surface area contributed by atoms with Gasteiger partial charge in [-0.25, -0.2) is 4.79 Å². The van der Waals surface area contributed by atoms with E-state index in [1.165, 1.54) is 7.05 Å². The first kappa shape index (κ1) is 14.8. The number of aryl methyl sites for hydroxylation is 1. The van der Waals surface area contributed by atoms with Gasteiger partial charge in [-0.15, -0.1) is 5.06 Å². The van der Waals surface area contributed by atoms with Crippen molar-refractivity contribution >= 4 is 5.97 Å². The number of alkyl halides is 3. The maximum atomic E-state index is 12.1. The van der Waals surface area contributed by atoms with Gasteiger partial charge in [-0.2, -0.15) is 18.2 Å². The number of nitrogens with zero attached hydrogens (tertiary/aromatic N) is 3. The fraction of sp³-hybridized carbons (Fsp3) is 0.727. The maximum Gasteiger partial charge on any atom is 0.492 e. The normalized spacial score (nSPS) is 23.3. The Kier molecular flexibility index (Phi) is 3.98. The van der Waals surface area contributed by atoms with Crippen molar-refractivity contribution in [3.8, 4) is 0 Å². The van der Waals surface area contributed by atoms with Crippen molar-refractivity contribution in [2.45, 2.75) is 44.3 Å². The van der Waals surface area contributed by atoms with Crippen LogP contribution >= 0.6 is 0 Å². The molecule has 0 N–H and O–H groups in total. The molecule has 0 amide bonds. The zero-order valence-electron chi connectivity index (χ0n) is 11.0. The molecule has 0 spiro atoms. The predicted octanol–water partition coefficient (Wildman–Crippen LogP) is 1.97. The lowest BCUT2D eigenvalue weighted by atomic mass is 10.1. The number of hydrogen-bond acceptors (Lipinski definition) is 6. The summed E-state index contributed by atoms with van der Waals surface area (Å²) in [5.74, 6) is -1.24. The highest BCUT2D eigenvalue weighted by Crippen LogP contribution is 2.36. The number of halogens is 3. The molecule has 2 rings (SSSR count). The molecule has 0 radical (unpaired) electrons. The van der Waals surface area contributed by atoms with E-state index in [4.69, 9.17) is 4.52 Å². The molecule has 0 unspecified atom stereocenters. The van der Waals surface area contributed by atoms with Gasteiger partial charge in [0.15, 0.2) is 5.82 Å². The van der Waals surface area contributed by atoms with Gasteiger partial charge in [0.05, 0.1) is 0 Å². The van der Waals surface area contributed by atoms with Crippen molar-refractivity contribution in [1.29, 1.82) is 0 Å². The highest BCUT2D eigenvalue weighted by Gasteiger charge is 2.43. The Morgan fingerprint density at radius 1 is 1.45 bits per heavy atom. The Morgan fingerprint density at radius 2 is 2.15 bits per heavy atom. The molecule has 2 atom stereocenters. The van der Waals surface area contributed by atoms with Crippen LogP contribution in [0.5, 0.6) is 0 Å². The van der Waals surface area contributed by atoms with Crippen LogP contribution in [0.25, 0.3) is 0 Å². The molecule has 1 heterocycles. The first-order valence-electron chi connectivity index (χ1n) is 6.09. The molecule has 1 fully saturated rings. The molecule has 1 aliphatic rings. The number of carbonyl (C=O) groups is 1. The minimum Gasteiger partial charge on any atom is -0.361 e. The molecule has 0 bridgehead atoms. The van der Waals surface area contributed by atoms with Crippen molar-refractivity contribution in [3.05, 3.63) is 11.7 Å². The second-order valence-corrected chi connectivity index (χ2v) is 4.77. The number of carbonyl (C=O) groups excluding carboxylic acids is 1. The van der Waals surface area contributed by atoms with Crippen LogP contribution in [-0.4, -0.2) is 40.4 Å². The molecule has 20 heavy (non-hydrogen) atoms.